The maximum Gasteiger partial charge on any atom is 0.170 e. The van der Waals surface area contributed by atoms with Crippen LogP contribution in [0.25, 0.3) is 5.57 Å². The average Bonchev–Trinajstić information content (AvgIpc) is 3.45. The molecule has 3 nitrogen and oxygen atoms in total. The minimum absolute atomic E-state index is 0.0159. The van der Waals surface area contributed by atoms with Crippen LogP contribution in [0.2, 0.25) is 0 Å². The molecule has 2 aromatic carbocycles. The average molecular weight is 540 g/mol. The van der Waals surface area contributed by atoms with Gasteiger partial charge in [-0.15, -0.1) is 0 Å². The van der Waals surface area contributed by atoms with Crippen molar-refractivity contribution in [2.24, 2.45) is 11.8 Å². The zero-order chi connectivity index (χ0) is 22.7. The molecule has 32 heavy (non-hydrogen) atoms. The van der Waals surface area contributed by atoms with Crippen LogP contribution in [0, 0.1) is 18.8 Å². The van der Waals surface area contributed by atoms with Gasteiger partial charge in [-0.05, 0) is 78.0 Å². The zero-order valence-corrected chi connectivity index (χ0v) is 21.2. The van der Waals surface area contributed by atoms with E-state index in [2.05, 4.69) is 67.6 Å². The second kappa shape index (κ2) is 8.21. The van der Waals surface area contributed by atoms with Crippen LogP contribution in [-0.4, -0.2) is 23.8 Å². The highest BCUT2D eigenvalue weighted by Gasteiger charge is 2.61. The Morgan fingerprint density at radius 2 is 1.69 bits per heavy atom. The van der Waals surface area contributed by atoms with Gasteiger partial charge in [0.2, 0.25) is 0 Å². The normalized spacial score (nSPS) is 28.5. The van der Waals surface area contributed by atoms with E-state index in [1.54, 1.807) is 6.92 Å². The van der Waals surface area contributed by atoms with Crippen molar-refractivity contribution in [1.29, 1.82) is 0 Å². The number of allylic oxidation sites excluding steroid dienone is 1. The first-order valence-electron chi connectivity index (χ1n) is 11.7. The SMILES string of the molecule is CCc1cc(C)cc(CC)c1C1=C(I)[C@@H]2[C@@H]3O[C@@H](C[C@H]3c3ccc(C(C)=O)cc3)[C@@H]2C1=O. The Labute approximate surface area is 203 Å². The first kappa shape index (κ1) is 22.0. The minimum atomic E-state index is -0.0506. The Kier molecular flexibility index (Phi) is 5.65. The lowest BCUT2D eigenvalue weighted by molar-refractivity contribution is -0.118. The van der Waals surface area contributed by atoms with E-state index in [1.165, 1.54) is 31.4 Å². The number of rotatable bonds is 5. The lowest BCUT2D eigenvalue weighted by Gasteiger charge is -2.28. The van der Waals surface area contributed by atoms with E-state index < -0.39 is 0 Å². The highest BCUT2D eigenvalue weighted by molar-refractivity contribution is 14.1. The summed E-state index contributed by atoms with van der Waals surface area (Å²) in [4.78, 5) is 25.5. The van der Waals surface area contributed by atoms with Crippen LogP contribution >= 0.6 is 22.6 Å². The summed E-state index contributed by atoms with van der Waals surface area (Å²) in [5.41, 5.74) is 7.92. The Bertz CT molecular complexity index is 1120. The number of hydrogen-bond donors (Lipinski definition) is 0. The second-order valence-corrected chi connectivity index (χ2v) is 10.6. The molecule has 2 saturated heterocycles. The quantitative estimate of drug-likeness (QED) is 0.333. The third-order valence-electron chi connectivity index (χ3n) is 7.64. The molecule has 4 heteroatoms. The highest BCUT2D eigenvalue weighted by atomic mass is 127. The molecule has 1 aliphatic carbocycles. The van der Waals surface area contributed by atoms with E-state index in [0.29, 0.717) is 0 Å². The monoisotopic (exact) mass is 540 g/mol. The van der Waals surface area contributed by atoms with Crippen LogP contribution in [0.4, 0.5) is 0 Å². The molecule has 5 rings (SSSR count). The van der Waals surface area contributed by atoms with Gasteiger partial charge in [-0.1, -0.05) is 55.8 Å². The molecule has 0 amide bonds. The summed E-state index contributed by atoms with van der Waals surface area (Å²) in [6.45, 7) is 8.10. The topological polar surface area (TPSA) is 43.4 Å². The summed E-state index contributed by atoms with van der Waals surface area (Å²) in [5, 5.41) is 0. The number of carbonyl (C=O) groups excluding carboxylic acids is 2. The maximum atomic E-state index is 13.8. The summed E-state index contributed by atoms with van der Waals surface area (Å²) in [6.07, 6.45) is 2.74. The van der Waals surface area contributed by atoms with Gasteiger partial charge >= 0.3 is 0 Å². The third kappa shape index (κ3) is 3.25. The first-order valence-corrected chi connectivity index (χ1v) is 12.8. The molecule has 0 radical (unpaired) electrons. The molecule has 166 valence electrons. The van der Waals surface area contributed by atoms with Gasteiger partial charge in [0.05, 0.1) is 18.1 Å². The molecule has 2 heterocycles. The van der Waals surface area contributed by atoms with Gasteiger partial charge in [-0.3, -0.25) is 9.59 Å². The smallest absolute Gasteiger partial charge is 0.170 e. The molecular formula is C28H29IO3. The predicted octanol–water partition coefficient (Wildman–Crippen LogP) is 6.24. The Morgan fingerprint density at radius 1 is 1.06 bits per heavy atom. The molecule has 0 aromatic heterocycles. The van der Waals surface area contributed by atoms with Gasteiger partial charge < -0.3 is 4.74 Å². The fourth-order valence-electron chi connectivity index (χ4n) is 6.18. The fraction of sp³-hybridized carbons (Fsp3) is 0.429. The number of ketones is 2. The van der Waals surface area contributed by atoms with Crippen molar-refractivity contribution < 1.29 is 14.3 Å². The third-order valence-corrected chi connectivity index (χ3v) is 8.90. The maximum absolute atomic E-state index is 13.8. The predicted molar refractivity (Wildman–Crippen MR) is 135 cm³/mol. The van der Waals surface area contributed by atoms with Crippen LogP contribution in [0.1, 0.15) is 71.3 Å². The minimum Gasteiger partial charge on any atom is -0.373 e. The fourth-order valence-corrected chi connectivity index (χ4v) is 7.45. The number of benzene rings is 2. The summed E-state index contributed by atoms with van der Waals surface area (Å²) in [5.74, 6) is 0.732. The van der Waals surface area contributed by atoms with Crippen LogP contribution in [0.15, 0.2) is 40.0 Å². The summed E-state index contributed by atoms with van der Waals surface area (Å²) < 4.78 is 7.60. The zero-order valence-electron chi connectivity index (χ0n) is 19.1. The van der Waals surface area contributed by atoms with E-state index >= 15 is 0 Å². The van der Waals surface area contributed by atoms with Crippen molar-refractivity contribution in [3.63, 3.8) is 0 Å². The second-order valence-electron chi connectivity index (χ2n) is 9.46. The number of carbonyl (C=O) groups is 2. The van der Waals surface area contributed by atoms with Crippen molar-refractivity contribution >= 4 is 39.7 Å². The van der Waals surface area contributed by atoms with Crippen molar-refractivity contribution in [2.75, 3.05) is 0 Å². The molecule has 2 bridgehead atoms. The molecule has 0 spiro atoms. The van der Waals surface area contributed by atoms with Crippen LogP contribution < -0.4 is 0 Å². The molecule has 5 atom stereocenters. The van der Waals surface area contributed by atoms with E-state index in [9.17, 15) is 9.59 Å². The molecule has 0 N–H and O–H groups in total. The van der Waals surface area contributed by atoms with Gasteiger partial charge in [0.15, 0.2) is 11.6 Å². The molecule has 2 fully saturated rings. The highest BCUT2D eigenvalue weighted by Crippen LogP contribution is 2.60. The van der Waals surface area contributed by atoms with Gasteiger partial charge in [-0.25, -0.2) is 0 Å². The van der Waals surface area contributed by atoms with Gasteiger partial charge in [-0.2, -0.15) is 0 Å². The van der Waals surface area contributed by atoms with Gasteiger partial charge in [0, 0.05) is 26.6 Å². The molecule has 3 aliphatic rings. The first-order chi connectivity index (χ1) is 15.3. The number of fused-ring (bicyclic) bond motifs is 5. The van der Waals surface area contributed by atoms with E-state index in [4.69, 9.17) is 4.74 Å². The molecular weight excluding hydrogens is 511 g/mol. The molecule has 2 aromatic rings. The lowest BCUT2D eigenvalue weighted by Crippen LogP contribution is -2.33. The summed E-state index contributed by atoms with van der Waals surface area (Å²) in [6, 6.07) is 12.5. The van der Waals surface area contributed by atoms with E-state index in [1.807, 2.05) is 12.1 Å². The number of ether oxygens (including phenoxy) is 1. The lowest BCUT2D eigenvalue weighted by atomic mass is 9.73. The number of Topliss-reactive ketones (excluding diaryl/α,β-unsaturated/α-hetero) is 2. The Morgan fingerprint density at radius 3 is 2.25 bits per heavy atom. The van der Waals surface area contributed by atoms with Crippen LogP contribution in [0.3, 0.4) is 0 Å². The standard InChI is InChI=1S/C28H29IO3/c1-5-16-11-14(3)12-17(6-2)22(16)24-26(29)25-23(27(24)31)21-13-20(28(25)32-21)19-9-7-18(8-10-19)15(4)30/h7-12,20-21,23,25,28H,5-6,13H2,1-4H3/t20-,21-,23-,25+,28+/m0/s1. The van der Waals surface area contributed by atoms with Crippen molar-refractivity contribution in [3.8, 4) is 0 Å². The molecule has 0 saturated carbocycles. The molecule has 2 aliphatic heterocycles. The molecule has 0 unspecified atom stereocenters. The van der Waals surface area contributed by atoms with E-state index in [-0.39, 0.29) is 41.5 Å². The van der Waals surface area contributed by atoms with Crippen LogP contribution in [-0.2, 0) is 22.4 Å². The number of aryl methyl sites for hydroxylation is 3. The van der Waals surface area contributed by atoms with Gasteiger partial charge in [0.1, 0.15) is 0 Å². The van der Waals surface area contributed by atoms with Crippen molar-refractivity contribution in [1.82, 2.24) is 0 Å². The largest absolute Gasteiger partial charge is 0.373 e. The Balaban J connectivity index is 1.55. The van der Waals surface area contributed by atoms with Crippen LogP contribution in [0.5, 0.6) is 0 Å². The van der Waals surface area contributed by atoms with Crippen molar-refractivity contribution in [2.45, 2.75) is 65.1 Å². The van der Waals surface area contributed by atoms with Crippen molar-refractivity contribution in [3.05, 3.63) is 73.4 Å². The Hall–Kier alpha value is -1.79. The summed E-state index contributed by atoms with van der Waals surface area (Å²) >= 11 is 2.44. The number of halogens is 1. The van der Waals surface area contributed by atoms with Gasteiger partial charge in [0.25, 0.3) is 0 Å². The number of hydrogen-bond acceptors (Lipinski definition) is 3. The van der Waals surface area contributed by atoms with E-state index in [0.717, 1.165) is 30.4 Å². The summed E-state index contributed by atoms with van der Waals surface area (Å²) in [7, 11) is 0.